The van der Waals surface area contributed by atoms with Gasteiger partial charge in [0.05, 0.1) is 18.8 Å². The lowest BCUT2D eigenvalue weighted by Crippen LogP contribution is -2.45. The van der Waals surface area contributed by atoms with E-state index < -0.39 is 17.4 Å². The van der Waals surface area contributed by atoms with E-state index in [2.05, 4.69) is 10.6 Å². The number of hydrogen-bond donors (Lipinski definition) is 3. The molecule has 0 bridgehead atoms. The van der Waals surface area contributed by atoms with E-state index in [1.807, 2.05) is 37.3 Å². The molecule has 0 aliphatic heterocycles. The van der Waals surface area contributed by atoms with Crippen molar-refractivity contribution in [3.8, 4) is 5.75 Å². The maximum Gasteiger partial charge on any atom is 0.313 e. The van der Waals surface area contributed by atoms with Crippen LogP contribution in [-0.4, -0.2) is 30.1 Å². The highest BCUT2D eigenvalue weighted by molar-refractivity contribution is 6.39. The molecule has 6 nitrogen and oxygen atoms in total. The second-order valence-electron chi connectivity index (χ2n) is 6.63. The molecule has 1 fully saturated rings. The van der Waals surface area contributed by atoms with Crippen LogP contribution in [0.5, 0.6) is 5.75 Å². The molecule has 0 saturated heterocycles. The summed E-state index contributed by atoms with van der Waals surface area (Å²) in [6.45, 7) is 2.28. The van der Waals surface area contributed by atoms with Gasteiger partial charge in [-0.15, -0.1) is 0 Å². The van der Waals surface area contributed by atoms with E-state index in [0.29, 0.717) is 18.0 Å². The van der Waals surface area contributed by atoms with E-state index in [0.717, 1.165) is 18.4 Å². The molecule has 1 atom stereocenters. The predicted octanol–water partition coefficient (Wildman–Crippen LogP) is 2.44. The summed E-state index contributed by atoms with van der Waals surface area (Å²) in [6, 6.07) is 16.2. The number of ether oxygens (including phenoxy) is 1. The van der Waals surface area contributed by atoms with Crippen LogP contribution in [0, 0.1) is 5.92 Å². The third-order valence-electron chi connectivity index (χ3n) is 4.69. The van der Waals surface area contributed by atoms with Crippen molar-refractivity contribution in [2.75, 3.05) is 18.5 Å². The van der Waals surface area contributed by atoms with Crippen molar-refractivity contribution in [1.29, 1.82) is 0 Å². The van der Waals surface area contributed by atoms with Crippen LogP contribution in [0.3, 0.4) is 0 Å². The van der Waals surface area contributed by atoms with Gasteiger partial charge in [0.1, 0.15) is 11.4 Å². The number of amides is 2. The van der Waals surface area contributed by atoms with Gasteiger partial charge >= 0.3 is 11.8 Å². The molecule has 3 N–H and O–H groups in total. The highest BCUT2D eigenvalue weighted by atomic mass is 16.5. The first-order chi connectivity index (χ1) is 13.0. The molecule has 0 aromatic heterocycles. The zero-order chi connectivity index (χ0) is 19.3. The highest BCUT2D eigenvalue weighted by Gasteiger charge is 2.45. The fraction of sp³-hybridized carbons (Fsp3) is 0.333. The number of hydrogen-bond acceptors (Lipinski definition) is 4. The number of anilines is 1. The molecule has 142 valence electrons. The minimum Gasteiger partial charge on any atom is -0.492 e. The molecule has 27 heavy (non-hydrogen) atoms. The summed E-state index contributed by atoms with van der Waals surface area (Å²) in [5, 5.41) is 16.2. The van der Waals surface area contributed by atoms with Crippen molar-refractivity contribution in [1.82, 2.24) is 5.32 Å². The number of benzene rings is 2. The van der Waals surface area contributed by atoms with E-state index >= 15 is 0 Å². The summed E-state index contributed by atoms with van der Waals surface area (Å²) in [7, 11) is 0. The third-order valence-corrected chi connectivity index (χ3v) is 4.69. The summed E-state index contributed by atoms with van der Waals surface area (Å²) in [6.07, 6.45) is 1.80. The van der Waals surface area contributed by atoms with E-state index in [9.17, 15) is 14.7 Å². The summed E-state index contributed by atoms with van der Waals surface area (Å²) in [5.74, 6) is -1.01. The highest BCUT2D eigenvalue weighted by Crippen LogP contribution is 2.45. The van der Waals surface area contributed by atoms with Gasteiger partial charge in [-0.1, -0.05) is 42.5 Å². The van der Waals surface area contributed by atoms with E-state index in [1.54, 1.807) is 24.3 Å². The number of rotatable bonds is 7. The molecular formula is C21H24N2O4. The Bertz CT molecular complexity index is 805. The Hall–Kier alpha value is -2.86. The smallest absolute Gasteiger partial charge is 0.313 e. The molecule has 1 saturated carbocycles. The molecule has 3 rings (SSSR count). The van der Waals surface area contributed by atoms with Gasteiger partial charge in [0.15, 0.2) is 0 Å². The van der Waals surface area contributed by atoms with Crippen LogP contribution < -0.4 is 15.4 Å². The number of aliphatic hydroxyl groups is 1. The standard InChI is InChI=1S/C21H24N2O4/c1-2-27-18-11-7-6-10-17(18)23-20(25)19(24)22-14-21(26,16-12-13-16)15-8-4-3-5-9-15/h3-11,16,26H,2,12-14H2,1H3,(H,22,24)(H,23,25). The lowest BCUT2D eigenvalue weighted by Gasteiger charge is -2.29. The summed E-state index contributed by atoms with van der Waals surface area (Å²) < 4.78 is 5.44. The number of carbonyl (C=O) groups is 2. The second kappa shape index (κ2) is 8.22. The summed E-state index contributed by atoms with van der Waals surface area (Å²) >= 11 is 0. The predicted molar refractivity (Wildman–Crippen MR) is 102 cm³/mol. The topological polar surface area (TPSA) is 87.7 Å². The largest absolute Gasteiger partial charge is 0.492 e. The Morgan fingerprint density at radius 2 is 1.74 bits per heavy atom. The number of carbonyl (C=O) groups excluding carboxylic acids is 2. The summed E-state index contributed by atoms with van der Waals surface area (Å²) in [4.78, 5) is 24.5. The van der Waals surface area contributed by atoms with Gasteiger partial charge in [-0.25, -0.2) is 0 Å². The molecule has 6 heteroatoms. The Balaban J connectivity index is 1.64. The molecule has 2 aromatic carbocycles. The van der Waals surface area contributed by atoms with Crippen molar-refractivity contribution in [2.45, 2.75) is 25.4 Å². The van der Waals surface area contributed by atoms with Gasteiger partial charge in [0.25, 0.3) is 0 Å². The van der Waals surface area contributed by atoms with Crippen LogP contribution in [-0.2, 0) is 15.2 Å². The quantitative estimate of drug-likeness (QED) is 0.655. The van der Waals surface area contributed by atoms with Crippen molar-refractivity contribution in [3.05, 3.63) is 60.2 Å². The van der Waals surface area contributed by atoms with Gasteiger partial charge in [-0.3, -0.25) is 9.59 Å². The van der Waals surface area contributed by atoms with Gasteiger partial charge < -0.3 is 20.5 Å². The van der Waals surface area contributed by atoms with Crippen LogP contribution in [0.1, 0.15) is 25.3 Å². The zero-order valence-electron chi connectivity index (χ0n) is 15.3. The minimum absolute atomic E-state index is 0.0129. The van der Waals surface area contributed by atoms with Crippen LogP contribution in [0.15, 0.2) is 54.6 Å². The average molecular weight is 368 g/mol. The molecular weight excluding hydrogens is 344 g/mol. The van der Waals surface area contributed by atoms with Crippen LogP contribution >= 0.6 is 0 Å². The minimum atomic E-state index is -1.17. The van der Waals surface area contributed by atoms with Gasteiger partial charge in [-0.05, 0) is 43.4 Å². The van der Waals surface area contributed by atoms with E-state index in [-0.39, 0.29) is 12.5 Å². The average Bonchev–Trinajstić information content (AvgIpc) is 3.54. The fourth-order valence-corrected chi connectivity index (χ4v) is 3.10. The van der Waals surface area contributed by atoms with Crippen molar-refractivity contribution in [3.63, 3.8) is 0 Å². The molecule has 2 aromatic rings. The molecule has 1 aliphatic rings. The van der Waals surface area contributed by atoms with Gasteiger partial charge in [-0.2, -0.15) is 0 Å². The molecule has 1 unspecified atom stereocenters. The van der Waals surface area contributed by atoms with Crippen LogP contribution in [0.4, 0.5) is 5.69 Å². The normalized spacial score (nSPS) is 15.5. The maximum atomic E-state index is 12.3. The second-order valence-corrected chi connectivity index (χ2v) is 6.63. The monoisotopic (exact) mass is 368 g/mol. The van der Waals surface area contributed by atoms with Crippen molar-refractivity contribution in [2.24, 2.45) is 5.92 Å². The number of para-hydroxylation sites is 2. The van der Waals surface area contributed by atoms with Gasteiger partial charge in [0, 0.05) is 0 Å². The molecule has 0 spiro atoms. The SMILES string of the molecule is CCOc1ccccc1NC(=O)C(=O)NCC(O)(c1ccccc1)C1CC1. The lowest BCUT2D eigenvalue weighted by molar-refractivity contribution is -0.137. The van der Waals surface area contributed by atoms with Crippen molar-refractivity contribution >= 4 is 17.5 Å². The Morgan fingerprint density at radius 3 is 2.41 bits per heavy atom. The zero-order valence-corrected chi connectivity index (χ0v) is 15.3. The first-order valence-corrected chi connectivity index (χ1v) is 9.13. The molecule has 0 heterocycles. The number of nitrogens with one attached hydrogen (secondary N) is 2. The first kappa shape index (κ1) is 18.9. The first-order valence-electron chi connectivity index (χ1n) is 9.13. The van der Waals surface area contributed by atoms with Crippen LogP contribution in [0.2, 0.25) is 0 Å². The van der Waals surface area contributed by atoms with Crippen LogP contribution in [0.25, 0.3) is 0 Å². The van der Waals surface area contributed by atoms with E-state index in [4.69, 9.17) is 4.74 Å². The summed E-state index contributed by atoms with van der Waals surface area (Å²) in [5.41, 5.74) is 0.00960. The lowest BCUT2D eigenvalue weighted by atomic mass is 9.88. The van der Waals surface area contributed by atoms with Crippen molar-refractivity contribution < 1.29 is 19.4 Å². The maximum absolute atomic E-state index is 12.3. The molecule has 1 aliphatic carbocycles. The Labute approximate surface area is 158 Å². The van der Waals surface area contributed by atoms with E-state index in [1.165, 1.54) is 0 Å². The fourth-order valence-electron chi connectivity index (χ4n) is 3.10. The Kier molecular flexibility index (Phi) is 5.76. The Morgan fingerprint density at radius 1 is 1.07 bits per heavy atom. The molecule has 0 radical (unpaired) electrons. The third kappa shape index (κ3) is 4.46. The van der Waals surface area contributed by atoms with Gasteiger partial charge in [0.2, 0.25) is 0 Å². The molecule has 2 amide bonds.